The molecular formula is C15H15NO2S. The van der Waals surface area contributed by atoms with Crippen LogP contribution in [0.2, 0.25) is 0 Å². The smallest absolute Gasteiger partial charge is 0.230 e. The van der Waals surface area contributed by atoms with Gasteiger partial charge in [0.05, 0.1) is 5.75 Å². The maximum atomic E-state index is 11.7. The fourth-order valence-corrected chi connectivity index (χ4v) is 2.35. The maximum Gasteiger partial charge on any atom is 0.230 e. The second kappa shape index (κ2) is 6.85. The van der Waals surface area contributed by atoms with Gasteiger partial charge in [-0.05, 0) is 17.7 Å². The van der Waals surface area contributed by atoms with Crippen molar-refractivity contribution < 1.29 is 9.90 Å². The van der Waals surface area contributed by atoms with Crippen LogP contribution in [0.3, 0.4) is 0 Å². The molecule has 98 valence electrons. The van der Waals surface area contributed by atoms with Crippen molar-refractivity contribution in [3.05, 3.63) is 60.2 Å². The third-order valence-electron chi connectivity index (χ3n) is 2.56. The van der Waals surface area contributed by atoms with Crippen LogP contribution in [-0.4, -0.2) is 16.8 Å². The molecule has 0 saturated carbocycles. The Hall–Kier alpha value is -1.94. The van der Waals surface area contributed by atoms with E-state index in [9.17, 15) is 9.90 Å². The molecule has 19 heavy (non-hydrogen) atoms. The second-order valence-electron chi connectivity index (χ2n) is 4.02. The number of amides is 1. The Morgan fingerprint density at radius 3 is 2.47 bits per heavy atom. The van der Waals surface area contributed by atoms with E-state index >= 15 is 0 Å². The number of benzene rings is 2. The zero-order valence-electron chi connectivity index (χ0n) is 10.4. The van der Waals surface area contributed by atoms with Crippen LogP contribution in [0.1, 0.15) is 5.56 Å². The zero-order valence-corrected chi connectivity index (χ0v) is 11.2. The summed E-state index contributed by atoms with van der Waals surface area (Å²) >= 11 is 1.33. The van der Waals surface area contributed by atoms with Crippen LogP contribution in [0.15, 0.2) is 59.5 Å². The van der Waals surface area contributed by atoms with Crippen molar-refractivity contribution >= 4 is 17.7 Å². The lowest BCUT2D eigenvalue weighted by Crippen LogP contribution is -2.24. The normalized spacial score (nSPS) is 10.1. The molecule has 0 radical (unpaired) electrons. The van der Waals surface area contributed by atoms with Crippen LogP contribution in [-0.2, 0) is 11.3 Å². The van der Waals surface area contributed by atoms with Crippen LogP contribution < -0.4 is 5.32 Å². The van der Waals surface area contributed by atoms with Gasteiger partial charge >= 0.3 is 0 Å². The van der Waals surface area contributed by atoms with E-state index in [0.717, 1.165) is 10.5 Å². The molecule has 0 heterocycles. The van der Waals surface area contributed by atoms with Gasteiger partial charge in [0.2, 0.25) is 5.91 Å². The Morgan fingerprint density at radius 1 is 1.05 bits per heavy atom. The third kappa shape index (κ3) is 4.34. The molecular weight excluding hydrogens is 258 g/mol. The summed E-state index contributed by atoms with van der Waals surface area (Å²) in [5, 5.41) is 12.4. The predicted octanol–water partition coefficient (Wildman–Crippen LogP) is 2.80. The molecule has 0 bridgehead atoms. The van der Waals surface area contributed by atoms with Crippen LogP contribution in [0.4, 0.5) is 0 Å². The van der Waals surface area contributed by atoms with Gasteiger partial charge in [0.1, 0.15) is 5.75 Å². The van der Waals surface area contributed by atoms with Crippen molar-refractivity contribution in [2.75, 3.05) is 5.75 Å². The van der Waals surface area contributed by atoms with Gasteiger partial charge in [-0.1, -0.05) is 42.5 Å². The molecule has 1 amide bonds. The lowest BCUT2D eigenvalue weighted by Gasteiger charge is -2.06. The first-order valence-corrected chi connectivity index (χ1v) is 6.95. The topological polar surface area (TPSA) is 49.3 Å². The van der Waals surface area contributed by atoms with Gasteiger partial charge in [-0.15, -0.1) is 11.8 Å². The molecule has 0 unspecified atom stereocenters. The molecule has 0 aliphatic heterocycles. The predicted molar refractivity (Wildman–Crippen MR) is 77.1 cm³/mol. The first kappa shape index (κ1) is 13.5. The number of phenols is 1. The highest BCUT2D eigenvalue weighted by atomic mass is 32.2. The Balaban J connectivity index is 1.78. The van der Waals surface area contributed by atoms with E-state index < -0.39 is 0 Å². The van der Waals surface area contributed by atoms with Crippen molar-refractivity contribution in [2.45, 2.75) is 11.4 Å². The van der Waals surface area contributed by atoms with E-state index in [1.165, 1.54) is 11.8 Å². The van der Waals surface area contributed by atoms with Crippen molar-refractivity contribution in [3.8, 4) is 5.75 Å². The van der Waals surface area contributed by atoms with Gasteiger partial charge in [0, 0.05) is 11.4 Å². The Kier molecular flexibility index (Phi) is 4.86. The van der Waals surface area contributed by atoms with Gasteiger partial charge in [-0.3, -0.25) is 4.79 Å². The highest BCUT2D eigenvalue weighted by Gasteiger charge is 2.05. The monoisotopic (exact) mass is 273 g/mol. The standard InChI is InChI=1S/C15H15NO2S/c17-13-8-4-5-9-14(13)19-11-15(18)16-10-12-6-2-1-3-7-12/h1-9,17H,10-11H2,(H,16,18). The number of para-hydroxylation sites is 1. The molecule has 0 atom stereocenters. The van der Waals surface area contributed by atoms with Gasteiger partial charge < -0.3 is 10.4 Å². The summed E-state index contributed by atoms with van der Waals surface area (Å²) < 4.78 is 0. The Morgan fingerprint density at radius 2 is 1.74 bits per heavy atom. The summed E-state index contributed by atoms with van der Waals surface area (Å²) in [6.07, 6.45) is 0. The largest absolute Gasteiger partial charge is 0.507 e. The zero-order chi connectivity index (χ0) is 13.5. The van der Waals surface area contributed by atoms with E-state index in [4.69, 9.17) is 0 Å². The number of hydrogen-bond acceptors (Lipinski definition) is 3. The molecule has 0 aliphatic rings. The highest BCUT2D eigenvalue weighted by molar-refractivity contribution is 8.00. The van der Waals surface area contributed by atoms with Gasteiger partial charge in [0.25, 0.3) is 0 Å². The quantitative estimate of drug-likeness (QED) is 0.824. The number of phenolic OH excluding ortho intramolecular Hbond substituents is 1. The third-order valence-corrected chi connectivity index (χ3v) is 3.62. The molecule has 0 aromatic heterocycles. The van der Waals surface area contributed by atoms with Crippen LogP contribution in [0.25, 0.3) is 0 Å². The van der Waals surface area contributed by atoms with Crippen molar-refractivity contribution in [2.24, 2.45) is 0 Å². The molecule has 2 aromatic carbocycles. The molecule has 0 aliphatic carbocycles. The van der Waals surface area contributed by atoms with Crippen molar-refractivity contribution in [1.82, 2.24) is 5.32 Å². The minimum atomic E-state index is -0.0443. The number of carbonyl (C=O) groups is 1. The summed E-state index contributed by atoms with van der Waals surface area (Å²) in [7, 11) is 0. The van der Waals surface area contributed by atoms with E-state index in [0.29, 0.717) is 12.3 Å². The fourth-order valence-electron chi connectivity index (χ4n) is 1.57. The number of carbonyl (C=O) groups excluding carboxylic acids is 1. The molecule has 3 nitrogen and oxygen atoms in total. The maximum absolute atomic E-state index is 11.7. The summed E-state index contributed by atoms with van der Waals surface area (Å²) in [6.45, 7) is 0.529. The van der Waals surface area contributed by atoms with Crippen LogP contribution in [0.5, 0.6) is 5.75 Å². The molecule has 2 N–H and O–H groups in total. The lowest BCUT2D eigenvalue weighted by molar-refractivity contribution is -0.118. The van der Waals surface area contributed by atoms with Crippen molar-refractivity contribution in [1.29, 1.82) is 0 Å². The molecule has 2 rings (SSSR count). The van der Waals surface area contributed by atoms with E-state index in [1.54, 1.807) is 18.2 Å². The molecule has 0 fully saturated rings. The lowest BCUT2D eigenvalue weighted by atomic mass is 10.2. The SMILES string of the molecule is O=C(CSc1ccccc1O)NCc1ccccc1. The van der Waals surface area contributed by atoms with E-state index in [2.05, 4.69) is 5.32 Å². The van der Waals surface area contributed by atoms with E-state index in [-0.39, 0.29) is 11.7 Å². The van der Waals surface area contributed by atoms with Gasteiger partial charge in [0.15, 0.2) is 0 Å². The van der Waals surface area contributed by atoms with Crippen LogP contribution >= 0.6 is 11.8 Å². The minimum absolute atomic E-state index is 0.0443. The number of rotatable bonds is 5. The summed E-state index contributed by atoms with van der Waals surface area (Å²) in [5.41, 5.74) is 1.07. The number of thioether (sulfide) groups is 1. The summed E-state index contributed by atoms with van der Waals surface area (Å²) in [4.78, 5) is 12.4. The number of nitrogens with one attached hydrogen (secondary N) is 1. The first-order chi connectivity index (χ1) is 9.25. The van der Waals surface area contributed by atoms with Gasteiger partial charge in [-0.25, -0.2) is 0 Å². The first-order valence-electron chi connectivity index (χ1n) is 5.97. The molecule has 2 aromatic rings. The number of hydrogen-bond donors (Lipinski definition) is 2. The minimum Gasteiger partial charge on any atom is -0.507 e. The number of aromatic hydroxyl groups is 1. The van der Waals surface area contributed by atoms with Crippen molar-refractivity contribution in [3.63, 3.8) is 0 Å². The van der Waals surface area contributed by atoms with E-state index in [1.807, 2.05) is 36.4 Å². The highest BCUT2D eigenvalue weighted by Crippen LogP contribution is 2.27. The molecule has 0 saturated heterocycles. The fraction of sp³-hybridized carbons (Fsp3) is 0.133. The van der Waals surface area contributed by atoms with Gasteiger partial charge in [-0.2, -0.15) is 0 Å². The average molecular weight is 273 g/mol. The molecule has 0 spiro atoms. The summed E-state index contributed by atoms with van der Waals surface area (Å²) in [6, 6.07) is 16.8. The Bertz CT molecular complexity index is 543. The average Bonchev–Trinajstić information content (AvgIpc) is 2.45. The van der Waals surface area contributed by atoms with Crippen LogP contribution in [0, 0.1) is 0 Å². The second-order valence-corrected chi connectivity index (χ2v) is 5.04. The molecule has 4 heteroatoms. The summed E-state index contributed by atoms with van der Waals surface area (Å²) in [5.74, 6) is 0.463. The Labute approximate surface area is 116 Å².